The summed E-state index contributed by atoms with van der Waals surface area (Å²) in [6.07, 6.45) is -4.44. The van der Waals surface area contributed by atoms with Gasteiger partial charge in [-0.15, -0.1) is 0 Å². The Balaban J connectivity index is 2.20. The summed E-state index contributed by atoms with van der Waals surface area (Å²) in [5, 5.41) is 11.3. The zero-order valence-electron chi connectivity index (χ0n) is 10.4. The molecule has 110 valence electrons. The molecule has 0 radical (unpaired) electrons. The van der Waals surface area contributed by atoms with E-state index in [1.165, 1.54) is 12.1 Å². The number of hydrogen-bond acceptors (Lipinski definition) is 2. The van der Waals surface area contributed by atoms with E-state index in [9.17, 15) is 22.4 Å². The van der Waals surface area contributed by atoms with Crippen LogP contribution in [-0.4, -0.2) is 11.1 Å². The van der Waals surface area contributed by atoms with Crippen molar-refractivity contribution in [3.05, 3.63) is 59.4 Å². The van der Waals surface area contributed by atoms with Crippen LogP contribution in [0.1, 0.15) is 15.9 Å². The molecule has 2 rings (SSSR count). The second kappa shape index (κ2) is 5.43. The van der Waals surface area contributed by atoms with Crippen molar-refractivity contribution in [2.75, 3.05) is 5.32 Å². The van der Waals surface area contributed by atoms with Crippen molar-refractivity contribution >= 4 is 17.3 Å². The van der Waals surface area contributed by atoms with Crippen LogP contribution in [-0.2, 0) is 6.18 Å². The Morgan fingerprint density at radius 1 is 1.05 bits per heavy atom. The van der Waals surface area contributed by atoms with Crippen molar-refractivity contribution in [1.29, 1.82) is 0 Å². The molecule has 0 aromatic heterocycles. The fourth-order valence-electron chi connectivity index (χ4n) is 1.65. The van der Waals surface area contributed by atoms with E-state index in [0.717, 1.165) is 30.3 Å². The molecule has 0 amide bonds. The van der Waals surface area contributed by atoms with Gasteiger partial charge in [-0.05, 0) is 42.5 Å². The van der Waals surface area contributed by atoms with Crippen molar-refractivity contribution < 1.29 is 27.5 Å². The van der Waals surface area contributed by atoms with E-state index in [1.807, 2.05) is 0 Å². The lowest BCUT2D eigenvalue weighted by Crippen LogP contribution is -2.04. The second-order valence-corrected chi connectivity index (χ2v) is 4.20. The number of rotatable bonds is 3. The van der Waals surface area contributed by atoms with Crippen molar-refractivity contribution in [2.45, 2.75) is 6.18 Å². The number of halogens is 4. The first kappa shape index (κ1) is 14.8. The van der Waals surface area contributed by atoms with Gasteiger partial charge in [0.05, 0.1) is 16.8 Å². The first-order valence-corrected chi connectivity index (χ1v) is 5.74. The van der Waals surface area contributed by atoms with E-state index >= 15 is 0 Å². The van der Waals surface area contributed by atoms with Crippen LogP contribution in [0.2, 0.25) is 0 Å². The fraction of sp³-hybridized carbons (Fsp3) is 0.0714. The Labute approximate surface area is 116 Å². The largest absolute Gasteiger partial charge is 0.478 e. The molecule has 7 heteroatoms. The molecule has 0 fully saturated rings. The molecule has 21 heavy (non-hydrogen) atoms. The van der Waals surface area contributed by atoms with Crippen LogP contribution in [0.15, 0.2) is 42.5 Å². The highest BCUT2D eigenvalue weighted by molar-refractivity contribution is 5.88. The molecular weight excluding hydrogens is 290 g/mol. The van der Waals surface area contributed by atoms with E-state index in [2.05, 4.69) is 5.32 Å². The number of carboxylic acids is 1. The molecular formula is C14H9F4NO2. The third-order valence-corrected chi connectivity index (χ3v) is 2.71. The van der Waals surface area contributed by atoms with Gasteiger partial charge in [-0.3, -0.25) is 0 Å². The SMILES string of the molecule is O=C(O)c1ccc(Nc2ccc(C(F)(F)F)cc2)c(F)c1. The Morgan fingerprint density at radius 3 is 2.14 bits per heavy atom. The summed E-state index contributed by atoms with van der Waals surface area (Å²) in [5.41, 5.74) is -0.801. The average Bonchev–Trinajstić information content (AvgIpc) is 2.40. The molecule has 2 aromatic rings. The molecule has 0 aliphatic rings. The Bertz CT molecular complexity index is 666. The summed E-state index contributed by atoms with van der Waals surface area (Å²) in [6.45, 7) is 0. The van der Waals surface area contributed by atoms with Crippen LogP contribution in [0.3, 0.4) is 0 Å². The minimum atomic E-state index is -4.44. The standard InChI is InChI=1S/C14H9F4NO2/c15-11-7-8(13(20)21)1-6-12(11)19-10-4-2-9(3-5-10)14(16,17)18/h1-7,19H,(H,20,21). The molecule has 0 unspecified atom stereocenters. The molecule has 2 N–H and O–H groups in total. The maximum Gasteiger partial charge on any atom is 0.416 e. The Kier molecular flexibility index (Phi) is 3.84. The van der Waals surface area contributed by atoms with Crippen LogP contribution < -0.4 is 5.32 Å². The first-order chi connectivity index (χ1) is 9.77. The van der Waals surface area contributed by atoms with Crippen molar-refractivity contribution in [2.24, 2.45) is 0 Å². The van der Waals surface area contributed by atoms with E-state index in [-0.39, 0.29) is 16.9 Å². The average molecular weight is 299 g/mol. The molecule has 2 aromatic carbocycles. The Morgan fingerprint density at radius 2 is 1.67 bits per heavy atom. The van der Waals surface area contributed by atoms with Crippen molar-refractivity contribution in [3.8, 4) is 0 Å². The van der Waals surface area contributed by atoms with Gasteiger partial charge in [0, 0.05) is 5.69 Å². The zero-order chi connectivity index (χ0) is 15.6. The molecule has 0 atom stereocenters. The predicted molar refractivity (Wildman–Crippen MR) is 68.1 cm³/mol. The maximum atomic E-state index is 13.7. The van der Waals surface area contributed by atoms with Gasteiger partial charge < -0.3 is 10.4 Å². The lowest BCUT2D eigenvalue weighted by atomic mass is 10.1. The highest BCUT2D eigenvalue weighted by Crippen LogP contribution is 2.30. The fourth-order valence-corrected chi connectivity index (χ4v) is 1.65. The van der Waals surface area contributed by atoms with Crippen LogP contribution in [0.4, 0.5) is 28.9 Å². The summed E-state index contributed by atoms with van der Waals surface area (Å²) in [6, 6.07) is 7.28. The number of carboxylic acid groups (broad SMARTS) is 1. The third-order valence-electron chi connectivity index (χ3n) is 2.71. The Hall–Kier alpha value is -2.57. The number of alkyl halides is 3. The van der Waals surface area contributed by atoms with Gasteiger partial charge in [-0.2, -0.15) is 13.2 Å². The van der Waals surface area contributed by atoms with Crippen LogP contribution in [0.25, 0.3) is 0 Å². The van der Waals surface area contributed by atoms with Crippen LogP contribution >= 0.6 is 0 Å². The van der Waals surface area contributed by atoms with Gasteiger partial charge in [0.1, 0.15) is 5.82 Å². The molecule has 0 heterocycles. The van der Waals surface area contributed by atoms with Gasteiger partial charge in [0.25, 0.3) is 0 Å². The highest BCUT2D eigenvalue weighted by atomic mass is 19.4. The third kappa shape index (κ3) is 3.50. The van der Waals surface area contributed by atoms with Crippen molar-refractivity contribution in [3.63, 3.8) is 0 Å². The predicted octanol–water partition coefficient (Wildman–Crippen LogP) is 4.29. The number of nitrogens with one attached hydrogen (secondary N) is 1. The summed E-state index contributed by atoms with van der Waals surface area (Å²) in [5.74, 6) is -2.08. The molecule has 0 saturated heterocycles. The molecule has 0 saturated carbocycles. The van der Waals surface area contributed by atoms with Gasteiger partial charge in [-0.25, -0.2) is 9.18 Å². The second-order valence-electron chi connectivity index (χ2n) is 4.20. The van der Waals surface area contributed by atoms with E-state index in [0.29, 0.717) is 0 Å². The van der Waals surface area contributed by atoms with Gasteiger partial charge >= 0.3 is 12.1 Å². The summed E-state index contributed by atoms with van der Waals surface area (Å²) in [7, 11) is 0. The molecule has 3 nitrogen and oxygen atoms in total. The topological polar surface area (TPSA) is 49.3 Å². The molecule has 0 aliphatic carbocycles. The van der Waals surface area contributed by atoms with E-state index in [1.54, 1.807) is 0 Å². The van der Waals surface area contributed by atoms with Gasteiger partial charge in [0.15, 0.2) is 0 Å². The number of anilines is 2. The van der Waals surface area contributed by atoms with E-state index < -0.39 is 23.5 Å². The summed E-state index contributed by atoms with van der Waals surface area (Å²) >= 11 is 0. The van der Waals surface area contributed by atoms with Gasteiger partial charge in [0.2, 0.25) is 0 Å². The summed E-state index contributed by atoms with van der Waals surface area (Å²) in [4.78, 5) is 10.7. The quantitative estimate of drug-likeness (QED) is 0.831. The lowest BCUT2D eigenvalue weighted by molar-refractivity contribution is -0.137. The summed E-state index contributed by atoms with van der Waals surface area (Å²) < 4.78 is 50.8. The van der Waals surface area contributed by atoms with E-state index in [4.69, 9.17) is 5.11 Å². The lowest BCUT2D eigenvalue weighted by Gasteiger charge is -2.10. The molecule has 0 aliphatic heterocycles. The zero-order valence-corrected chi connectivity index (χ0v) is 10.4. The minimum Gasteiger partial charge on any atom is -0.478 e. The highest BCUT2D eigenvalue weighted by Gasteiger charge is 2.29. The number of hydrogen-bond donors (Lipinski definition) is 2. The normalized spacial score (nSPS) is 11.2. The van der Waals surface area contributed by atoms with Crippen LogP contribution in [0, 0.1) is 5.82 Å². The van der Waals surface area contributed by atoms with Gasteiger partial charge in [-0.1, -0.05) is 0 Å². The maximum absolute atomic E-state index is 13.7. The smallest absolute Gasteiger partial charge is 0.416 e. The molecule has 0 spiro atoms. The van der Waals surface area contributed by atoms with Crippen LogP contribution in [0.5, 0.6) is 0 Å². The first-order valence-electron chi connectivity index (χ1n) is 5.74. The number of benzene rings is 2. The number of aromatic carboxylic acids is 1. The minimum absolute atomic E-state index is 0.0280. The molecule has 0 bridgehead atoms. The monoisotopic (exact) mass is 299 g/mol. The van der Waals surface area contributed by atoms with Crippen molar-refractivity contribution in [1.82, 2.24) is 0 Å². The number of carbonyl (C=O) groups is 1.